The monoisotopic (exact) mass is 289 g/mol. The molecule has 0 heterocycles. The summed E-state index contributed by atoms with van der Waals surface area (Å²) in [6, 6.07) is 12.2. The maximum atomic E-state index is 13.5. The number of Topliss-reactive ketones (excluding diaryl/α,β-unsaturated/α-hetero) is 1. The van der Waals surface area contributed by atoms with Gasteiger partial charge in [-0.1, -0.05) is 30.3 Å². The molecule has 0 saturated heterocycles. The van der Waals surface area contributed by atoms with Crippen LogP contribution in [0.2, 0.25) is 0 Å². The normalized spacial score (nSPS) is 10.9. The maximum Gasteiger partial charge on any atom is 0.164 e. The van der Waals surface area contributed by atoms with Crippen molar-refractivity contribution in [1.82, 2.24) is 4.90 Å². The average Bonchev–Trinajstić information content (AvgIpc) is 2.47. The summed E-state index contributed by atoms with van der Waals surface area (Å²) < 4.78 is 26.6. The largest absolute Gasteiger partial charge is 0.302 e. The first kappa shape index (κ1) is 15.3. The van der Waals surface area contributed by atoms with Crippen molar-refractivity contribution >= 4 is 5.78 Å². The lowest BCUT2D eigenvalue weighted by atomic mass is 10.1. The Balaban J connectivity index is 1.88. The zero-order valence-corrected chi connectivity index (χ0v) is 11.9. The smallest absolute Gasteiger partial charge is 0.164 e. The Kier molecular flexibility index (Phi) is 5.17. The van der Waals surface area contributed by atoms with E-state index in [0.29, 0.717) is 24.2 Å². The minimum absolute atomic E-state index is 0.116. The third-order valence-corrected chi connectivity index (χ3v) is 3.27. The molecule has 2 rings (SSSR count). The van der Waals surface area contributed by atoms with Gasteiger partial charge in [-0.05, 0) is 25.2 Å². The molecule has 0 saturated carbocycles. The van der Waals surface area contributed by atoms with Crippen LogP contribution in [-0.4, -0.2) is 24.3 Å². The van der Waals surface area contributed by atoms with Gasteiger partial charge in [0.25, 0.3) is 0 Å². The van der Waals surface area contributed by atoms with Crippen LogP contribution in [0.3, 0.4) is 0 Å². The summed E-state index contributed by atoms with van der Waals surface area (Å²) in [7, 11) is 1.82. The van der Waals surface area contributed by atoms with Crippen LogP contribution < -0.4 is 0 Å². The molecular formula is C17H17F2NO. The van der Waals surface area contributed by atoms with Gasteiger partial charge >= 0.3 is 0 Å². The standard InChI is InChI=1S/C17H17F2NO/c1-20(12-14-5-2-3-8-16(14)19)10-9-17(21)13-6-4-7-15(18)11-13/h2-8,11H,9-10,12H2,1H3. The van der Waals surface area contributed by atoms with Gasteiger partial charge in [-0.15, -0.1) is 0 Å². The van der Waals surface area contributed by atoms with E-state index in [-0.39, 0.29) is 18.0 Å². The molecule has 0 spiro atoms. The van der Waals surface area contributed by atoms with Gasteiger partial charge < -0.3 is 4.90 Å². The van der Waals surface area contributed by atoms with E-state index in [0.717, 1.165) is 0 Å². The minimum atomic E-state index is -0.416. The molecule has 0 atom stereocenters. The Morgan fingerprint density at radius 3 is 2.57 bits per heavy atom. The zero-order valence-electron chi connectivity index (χ0n) is 11.9. The first-order valence-corrected chi connectivity index (χ1v) is 6.77. The topological polar surface area (TPSA) is 20.3 Å². The van der Waals surface area contributed by atoms with E-state index in [9.17, 15) is 13.6 Å². The summed E-state index contributed by atoms with van der Waals surface area (Å²) in [5.41, 5.74) is 0.965. The van der Waals surface area contributed by atoms with Crippen molar-refractivity contribution in [2.75, 3.05) is 13.6 Å². The molecule has 4 heteroatoms. The molecule has 0 aromatic heterocycles. The number of rotatable bonds is 6. The highest BCUT2D eigenvalue weighted by Crippen LogP contribution is 2.10. The predicted octanol–water partition coefficient (Wildman–Crippen LogP) is 3.67. The molecule has 0 bridgehead atoms. The van der Waals surface area contributed by atoms with Gasteiger partial charge in [0, 0.05) is 30.6 Å². The van der Waals surface area contributed by atoms with Crippen molar-refractivity contribution in [2.24, 2.45) is 0 Å². The Bertz CT molecular complexity index is 628. The summed E-state index contributed by atoms with van der Waals surface area (Å²) in [5.74, 6) is -0.781. The van der Waals surface area contributed by atoms with Gasteiger partial charge in [-0.25, -0.2) is 8.78 Å². The molecule has 2 aromatic rings. The fourth-order valence-corrected chi connectivity index (χ4v) is 2.10. The summed E-state index contributed by atoms with van der Waals surface area (Å²) in [4.78, 5) is 13.8. The van der Waals surface area contributed by atoms with Crippen LogP contribution in [0.25, 0.3) is 0 Å². The van der Waals surface area contributed by atoms with Gasteiger partial charge in [0.2, 0.25) is 0 Å². The van der Waals surface area contributed by atoms with Crippen molar-refractivity contribution in [3.8, 4) is 0 Å². The van der Waals surface area contributed by atoms with E-state index in [1.165, 1.54) is 24.3 Å². The molecule has 0 aliphatic carbocycles. The number of carbonyl (C=O) groups excluding carboxylic acids is 1. The first-order valence-electron chi connectivity index (χ1n) is 6.77. The molecule has 0 N–H and O–H groups in total. The van der Waals surface area contributed by atoms with Gasteiger partial charge in [-0.3, -0.25) is 4.79 Å². The number of hydrogen-bond acceptors (Lipinski definition) is 2. The third-order valence-electron chi connectivity index (χ3n) is 3.27. The van der Waals surface area contributed by atoms with Crippen molar-refractivity contribution in [2.45, 2.75) is 13.0 Å². The second-order valence-corrected chi connectivity index (χ2v) is 5.01. The molecule has 0 radical (unpaired) electrons. The lowest BCUT2D eigenvalue weighted by Crippen LogP contribution is -2.22. The van der Waals surface area contributed by atoms with Crippen LogP contribution in [0.5, 0.6) is 0 Å². The maximum absolute atomic E-state index is 13.5. The molecule has 0 unspecified atom stereocenters. The fourth-order valence-electron chi connectivity index (χ4n) is 2.10. The number of halogens is 2. The quantitative estimate of drug-likeness (QED) is 0.756. The average molecular weight is 289 g/mol. The van der Waals surface area contributed by atoms with E-state index in [1.807, 2.05) is 11.9 Å². The van der Waals surface area contributed by atoms with Crippen LogP contribution in [0.15, 0.2) is 48.5 Å². The van der Waals surface area contributed by atoms with Crippen molar-refractivity contribution in [1.29, 1.82) is 0 Å². The van der Waals surface area contributed by atoms with Crippen molar-refractivity contribution < 1.29 is 13.6 Å². The Morgan fingerprint density at radius 1 is 1.10 bits per heavy atom. The SMILES string of the molecule is CN(CCC(=O)c1cccc(F)c1)Cc1ccccc1F. The number of benzene rings is 2. The second kappa shape index (κ2) is 7.09. The van der Waals surface area contributed by atoms with Crippen LogP contribution >= 0.6 is 0 Å². The molecule has 2 nitrogen and oxygen atoms in total. The van der Waals surface area contributed by atoms with Crippen molar-refractivity contribution in [3.63, 3.8) is 0 Å². The lowest BCUT2D eigenvalue weighted by Gasteiger charge is -2.16. The highest BCUT2D eigenvalue weighted by atomic mass is 19.1. The molecule has 0 amide bonds. The van der Waals surface area contributed by atoms with Gasteiger partial charge in [-0.2, -0.15) is 0 Å². The summed E-state index contributed by atoms with van der Waals surface area (Å²) >= 11 is 0. The number of nitrogens with zero attached hydrogens (tertiary/aromatic N) is 1. The first-order chi connectivity index (χ1) is 10.1. The van der Waals surface area contributed by atoms with Gasteiger partial charge in [0.15, 0.2) is 5.78 Å². The van der Waals surface area contributed by atoms with Crippen LogP contribution in [-0.2, 0) is 6.54 Å². The van der Waals surface area contributed by atoms with E-state index < -0.39 is 5.82 Å². The molecule has 0 aliphatic rings. The minimum Gasteiger partial charge on any atom is -0.302 e. The summed E-state index contributed by atoms with van der Waals surface area (Å²) in [6.45, 7) is 0.923. The Morgan fingerprint density at radius 2 is 1.86 bits per heavy atom. The third kappa shape index (κ3) is 4.46. The van der Waals surface area contributed by atoms with E-state index in [2.05, 4.69) is 0 Å². The molecule has 21 heavy (non-hydrogen) atoms. The molecule has 2 aromatic carbocycles. The summed E-state index contributed by atoms with van der Waals surface area (Å²) in [6.07, 6.45) is 0.272. The van der Waals surface area contributed by atoms with Crippen molar-refractivity contribution in [3.05, 3.63) is 71.3 Å². The van der Waals surface area contributed by atoms with Crippen LogP contribution in [0.4, 0.5) is 8.78 Å². The van der Waals surface area contributed by atoms with Crippen LogP contribution in [0, 0.1) is 11.6 Å². The lowest BCUT2D eigenvalue weighted by molar-refractivity contribution is 0.0967. The number of hydrogen-bond donors (Lipinski definition) is 0. The van der Waals surface area contributed by atoms with E-state index >= 15 is 0 Å². The van der Waals surface area contributed by atoms with E-state index in [4.69, 9.17) is 0 Å². The number of ketones is 1. The zero-order chi connectivity index (χ0) is 15.2. The second-order valence-electron chi connectivity index (χ2n) is 5.01. The molecular weight excluding hydrogens is 272 g/mol. The molecule has 110 valence electrons. The fraction of sp³-hybridized carbons (Fsp3) is 0.235. The van der Waals surface area contributed by atoms with E-state index in [1.54, 1.807) is 24.3 Å². The Labute approximate surface area is 123 Å². The Hall–Kier alpha value is -2.07. The highest BCUT2D eigenvalue weighted by Gasteiger charge is 2.10. The number of carbonyl (C=O) groups is 1. The predicted molar refractivity (Wildman–Crippen MR) is 78.1 cm³/mol. The van der Waals surface area contributed by atoms with Gasteiger partial charge in [0.05, 0.1) is 0 Å². The summed E-state index contributed by atoms with van der Waals surface area (Å²) in [5, 5.41) is 0. The molecule has 0 fully saturated rings. The molecule has 0 aliphatic heterocycles. The van der Waals surface area contributed by atoms with Crippen LogP contribution in [0.1, 0.15) is 22.3 Å². The van der Waals surface area contributed by atoms with Gasteiger partial charge in [0.1, 0.15) is 11.6 Å². The highest BCUT2D eigenvalue weighted by molar-refractivity contribution is 5.96.